The van der Waals surface area contributed by atoms with Gasteiger partial charge in [-0.3, -0.25) is 9.59 Å². The van der Waals surface area contributed by atoms with Crippen LogP contribution in [0.5, 0.6) is 11.5 Å². The van der Waals surface area contributed by atoms with Gasteiger partial charge in [0.15, 0.2) is 12.4 Å². The molecule has 1 aromatic heterocycles. The molecule has 0 spiro atoms. The van der Waals surface area contributed by atoms with Gasteiger partial charge >= 0.3 is 0 Å². The molecule has 0 bridgehead atoms. The van der Waals surface area contributed by atoms with Gasteiger partial charge in [-0.15, -0.1) is 0 Å². The van der Waals surface area contributed by atoms with E-state index in [0.29, 0.717) is 39.4 Å². The molecular formula is C25H19FO5. The third kappa shape index (κ3) is 4.19. The normalized spacial score (nSPS) is 10.8. The van der Waals surface area contributed by atoms with Crippen LogP contribution < -0.4 is 14.9 Å². The number of fused-ring (bicyclic) bond motifs is 1. The van der Waals surface area contributed by atoms with E-state index in [1.807, 2.05) is 12.1 Å². The van der Waals surface area contributed by atoms with Crippen LogP contribution in [0, 0.1) is 12.7 Å². The lowest BCUT2D eigenvalue weighted by Gasteiger charge is -2.10. The van der Waals surface area contributed by atoms with Crippen LogP contribution in [0.2, 0.25) is 0 Å². The number of aryl methyl sites for hydroxylation is 1. The number of carbonyl (C=O) groups excluding carboxylic acids is 1. The lowest BCUT2D eigenvalue weighted by molar-refractivity contribution is 0.0921. The number of ether oxygens (including phenoxy) is 2. The fourth-order valence-electron chi connectivity index (χ4n) is 3.34. The van der Waals surface area contributed by atoms with E-state index in [2.05, 4.69) is 0 Å². The van der Waals surface area contributed by atoms with Crippen molar-refractivity contribution in [1.29, 1.82) is 0 Å². The summed E-state index contributed by atoms with van der Waals surface area (Å²) >= 11 is 0. The molecule has 0 saturated carbocycles. The highest BCUT2D eigenvalue weighted by atomic mass is 19.1. The molecule has 0 aliphatic rings. The first-order chi connectivity index (χ1) is 15.0. The lowest BCUT2D eigenvalue weighted by Crippen LogP contribution is -2.12. The molecule has 0 aliphatic carbocycles. The molecule has 31 heavy (non-hydrogen) atoms. The number of benzene rings is 3. The number of rotatable bonds is 6. The van der Waals surface area contributed by atoms with Gasteiger partial charge in [-0.1, -0.05) is 12.1 Å². The second-order valence-electron chi connectivity index (χ2n) is 6.97. The molecule has 4 aromatic rings. The van der Waals surface area contributed by atoms with E-state index >= 15 is 0 Å². The van der Waals surface area contributed by atoms with Gasteiger partial charge in [0.25, 0.3) is 0 Å². The second-order valence-corrected chi connectivity index (χ2v) is 6.97. The molecule has 0 radical (unpaired) electrons. The number of hydrogen-bond donors (Lipinski definition) is 0. The minimum absolute atomic E-state index is 0.155. The lowest BCUT2D eigenvalue weighted by atomic mass is 10.0. The van der Waals surface area contributed by atoms with Crippen molar-refractivity contribution in [1.82, 2.24) is 0 Å². The molecule has 3 aromatic carbocycles. The third-order valence-electron chi connectivity index (χ3n) is 4.95. The van der Waals surface area contributed by atoms with Crippen LogP contribution in [0.1, 0.15) is 16.1 Å². The van der Waals surface area contributed by atoms with Crippen LogP contribution in [0.3, 0.4) is 0 Å². The fourth-order valence-corrected chi connectivity index (χ4v) is 3.34. The first kappa shape index (κ1) is 20.3. The summed E-state index contributed by atoms with van der Waals surface area (Å²) in [5.41, 5.74) is 1.78. The van der Waals surface area contributed by atoms with Crippen LogP contribution in [-0.4, -0.2) is 19.5 Å². The fraction of sp³-hybridized carbons (Fsp3) is 0.120. The Bertz CT molecular complexity index is 1310. The number of Topliss-reactive ketones (excluding diaryl/α,β-unsaturated/α-hetero) is 1. The average Bonchev–Trinajstić information content (AvgIpc) is 2.78. The Morgan fingerprint density at radius 1 is 0.968 bits per heavy atom. The molecule has 0 N–H and O–H groups in total. The highest BCUT2D eigenvalue weighted by Crippen LogP contribution is 2.27. The number of hydrogen-bond acceptors (Lipinski definition) is 5. The Morgan fingerprint density at radius 2 is 1.65 bits per heavy atom. The zero-order chi connectivity index (χ0) is 22.0. The largest absolute Gasteiger partial charge is 0.497 e. The Hall–Kier alpha value is -3.93. The molecule has 0 amide bonds. The molecule has 156 valence electrons. The number of carbonyl (C=O) groups is 1. The summed E-state index contributed by atoms with van der Waals surface area (Å²) in [5.74, 6) is 0.868. The zero-order valence-corrected chi connectivity index (χ0v) is 17.0. The van der Waals surface area contributed by atoms with Crippen LogP contribution in [0.25, 0.3) is 22.1 Å². The van der Waals surface area contributed by atoms with Crippen molar-refractivity contribution < 1.29 is 23.1 Å². The molecule has 4 rings (SSSR count). The van der Waals surface area contributed by atoms with E-state index in [9.17, 15) is 14.0 Å². The Kier molecular flexibility index (Phi) is 5.54. The topological polar surface area (TPSA) is 65.7 Å². The van der Waals surface area contributed by atoms with Crippen LogP contribution in [-0.2, 0) is 0 Å². The van der Waals surface area contributed by atoms with E-state index in [1.165, 1.54) is 24.3 Å². The molecule has 0 saturated heterocycles. The van der Waals surface area contributed by atoms with Gasteiger partial charge in [-0.25, -0.2) is 4.39 Å². The van der Waals surface area contributed by atoms with Gasteiger partial charge in [0.2, 0.25) is 5.43 Å². The first-order valence-electron chi connectivity index (χ1n) is 9.59. The smallest absolute Gasteiger partial charge is 0.200 e. The third-order valence-corrected chi connectivity index (χ3v) is 4.95. The molecular weight excluding hydrogens is 399 g/mol. The quantitative estimate of drug-likeness (QED) is 0.404. The van der Waals surface area contributed by atoms with Crippen molar-refractivity contribution in [2.45, 2.75) is 6.92 Å². The molecule has 0 unspecified atom stereocenters. The van der Waals surface area contributed by atoms with Crippen molar-refractivity contribution >= 4 is 16.8 Å². The van der Waals surface area contributed by atoms with Crippen molar-refractivity contribution in [3.8, 4) is 22.6 Å². The minimum atomic E-state index is -0.411. The summed E-state index contributed by atoms with van der Waals surface area (Å²) in [5, 5.41) is 0.411. The maximum absolute atomic E-state index is 13.1. The summed E-state index contributed by atoms with van der Waals surface area (Å²) < 4.78 is 29.6. The van der Waals surface area contributed by atoms with Gasteiger partial charge in [-0.05, 0) is 61.0 Å². The Balaban J connectivity index is 1.60. The van der Waals surface area contributed by atoms with Crippen LogP contribution in [0.15, 0.2) is 75.9 Å². The SMILES string of the molecule is COc1ccc(-c2c(C)oc3cc(OCC(=O)c4ccc(F)cc4)ccc3c2=O)cc1. The summed E-state index contributed by atoms with van der Waals surface area (Å²) in [7, 11) is 1.58. The minimum Gasteiger partial charge on any atom is -0.497 e. The molecule has 6 heteroatoms. The van der Waals surface area contributed by atoms with Crippen LogP contribution >= 0.6 is 0 Å². The van der Waals surface area contributed by atoms with Crippen molar-refractivity contribution in [2.24, 2.45) is 0 Å². The van der Waals surface area contributed by atoms with Gasteiger partial charge in [0.1, 0.15) is 28.7 Å². The highest BCUT2D eigenvalue weighted by Gasteiger charge is 2.15. The van der Waals surface area contributed by atoms with Crippen molar-refractivity contribution in [3.05, 3.63) is 94.1 Å². The van der Waals surface area contributed by atoms with Gasteiger partial charge < -0.3 is 13.9 Å². The van der Waals surface area contributed by atoms with Crippen molar-refractivity contribution in [3.63, 3.8) is 0 Å². The number of halogens is 1. The maximum atomic E-state index is 13.1. The molecule has 5 nitrogen and oxygen atoms in total. The van der Waals surface area contributed by atoms with Crippen LogP contribution in [0.4, 0.5) is 4.39 Å². The average molecular weight is 418 g/mol. The van der Waals surface area contributed by atoms with E-state index in [1.54, 1.807) is 44.4 Å². The molecule has 1 heterocycles. The summed E-state index contributed by atoms with van der Waals surface area (Å²) in [6.07, 6.45) is 0. The number of methoxy groups -OCH3 is 1. The summed E-state index contributed by atoms with van der Waals surface area (Å²) in [6.45, 7) is 1.51. The monoisotopic (exact) mass is 418 g/mol. The first-order valence-corrected chi connectivity index (χ1v) is 9.59. The maximum Gasteiger partial charge on any atom is 0.200 e. The van der Waals surface area contributed by atoms with Crippen molar-refractivity contribution in [2.75, 3.05) is 13.7 Å². The molecule has 0 fully saturated rings. The Morgan fingerprint density at radius 3 is 2.32 bits per heavy atom. The standard InChI is InChI=1S/C25H19FO5/c1-15-24(17-5-9-19(29-2)10-6-17)25(28)21-12-11-20(13-23(21)31-15)30-14-22(27)16-3-7-18(26)8-4-16/h3-13H,14H2,1-2H3. The van der Waals surface area contributed by atoms with Gasteiger partial charge in [0.05, 0.1) is 18.1 Å². The van der Waals surface area contributed by atoms with Gasteiger partial charge in [0, 0.05) is 11.6 Å². The second kappa shape index (κ2) is 8.44. The highest BCUT2D eigenvalue weighted by molar-refractivity contribution is 5.97. The predicted octanol–water partition coefficient (Wildman–Crippen LogP) is 5.18. The molecule has 0 atom stereocenters. The number of ketones is 1. The Labute approximate surface area is 177 Å². The van der Waals surface area contributed by atoms with E-state index in [-0.39, 0.29) is 17.8 Å². The van der Waals surface area contributed by atoms with Gasteiger partial charge in [-0.2, -0.15) is 0 Å². The molecule has 0 aliphatic heterocycles. The van der Waals surface area contributed by atoms with E-state index < -0.39 is 5.82 Å². The van der Waals surface area contributed by atoms with E-state index in [4.69, 9.17) is 13.9 Å². The summed E-state index contributed by atoms with van der Waals surface area (Å²) in [6, 6.07) is 17.3. The van der Waals surface area contributed by atoms with E-state index in [0.717, 1.165) is 5.56 Å². The predicted molar refractivity (Wildman–Crippen MR) is 115 cm³/mol. The zero-order valence-electron chi connectivity index (χ0n) is 17.0. The summed E-state index contributed by atoms with van der Waals surface area (Å²) in [4.78, 5) is 25.3.